The van der Waals surface area contributed by atoms with Crippen molar-refractivity contribution in [1.82, 2.24) is 5.43 Å². The van der Waals surface area contributed by atoms with Crippen LogP contribution in [-0.4, -0.2) is 18.3 Å². The van der Waals surface area contributed by atoms with Crippen LogP contribution in [0.15, 0.2) is 29.4 Å². The van der Waals surface area contributed by atoms with Crippen LogP contribution in [0.3, 0.4) is 0 Å². The van der Waals surface area contributed by atoms with Crippen LogP contribution in [0.4, 0.5) is 4.79 Å². The standard InChI is InChI=1S/C12H11Cl2N3O2/c13-7-1-3-10(14)9(5-7)11-4-2-8(19-11)6-16-17-12(15)18/h1,3-6,8H,2H2,(H3,15,17,18)/b16-6+. The van der Waals surface area contributed by atoms with E-state index < -0.39 is 6.03 Å². The van der Waals surface area contributed by atoms with Gasteiger partial charge in [-0.2, -0.15) is 5.10 Å². The molecule has 1 aliphatic rings. The Kier molecular flexibility index (Phi) is 4.29. The smallest absolute Gasteiger partial charge is 0.332 e. The molecule has 0 aliphatic carbocycles. The summed E-state index contributed by atoms with van der Waals surface area (Å²) in [4.78, 5) is 10.5. The molecule has 0 spiro atoms. The highest BCUT2D eigenvalue weighted by molar-refractivity contribution is 6.34. The van der Waals surface area contributed by atoms with Crippen LogP contribution >= 0.6 is 23.2 Å². The summed E-state index contributed by atoms with van der Waals surface area (Å²) in [5, 5.41) is 4.79. The van der Waals surface area contributed by atoms with Gasteiger partial charge in [0.15, 0.2) is 0 Å². The normalized spacial score (nSPS) is 18.2. The van der Waals surface area contributed by atoms with E-state index in [1.165, 1.54) is 6.21 Å². The lowest BCUT2D eigenvalue weighted by Gasteiger charge is -2.10. The Morgan fingerprint density at radius 1 is 1.53 bits per heavy atom. The molecule has 1 unspecified atom stereocenters. The van der Waals surface area contributed by atoms with Crippen molar-refractivity contribution < 1.29 is 9.53 Å². The number of hydrogen-bond donors (Lipinski definition) is 2. The number of amides is 2. The maximum Gasteiger partial charge on any atom is 0.332 e. The number of ether oxygens (including phenoxy) is 1. The second kappa shape index (κ2) is 5.95. The van der Waals surface area contributed by atoms with Crippen molar-refractivity contribution in [2.45, 2.75) is 12.5 Å². The first kappa shape index (κ1) is 13.7. The van der Waals surface area contributed by atoms with Crippen LogP contribution in [-0.2, 0) is 4.74 Å². The van der Waals surface area contributed by atoms with Crippen molar-refractivity contribution >= 4 is 41.2 Å². The number of nitrogens with two attached hydrogens (primary N) is 1. The molecule has 0 saturated carbocycles. The van der Waals surface area contributed by atoms with Crippen LogP contribution in [0, 0.1) is 0 Å². The van der Waals surface area contributed by atoms with Gasteiger partial charge in [-0.15, -0.1) is 0 Å². The summed E-state index contributed by atoms with van der Waals surface area (Å²) >= 11 is 12.0. The summed E-state index contributed by atoms with van der Waals surface area (Å²) in [7, 11) is 0. The highest BCUT2D eigenvalue weighted by Crippen LogP contribution is 2.32. The van der Waals surface area contributed by atoms with Crippen LogP contribution in [0.1, 0.15) is 12.0 Å². The molecule has 19 heavy (non-hydrogen) atoms. The van der Waals surface area contributed by atoms with E-state index in [1.807, 2.05) is 6.08 Å². The molecule has 0 fully saturated rings. The molecule has 5 nitrogen and oxygen atoms in total. The van der Waals surface area contributed by atoms with Crippen LogP contribution < -0.4 is 11.2 Å². The van der Waals surface area contributed by atoms with E-state index in [4.69, 9.17) is 33.7 Å². The Hall–Kier alpha value is -1.72. The highest BCUT2D eigenvalue weighted by atomic mass is 35.5. The van der Waals surface area contributed by atoms with Gasteiger partial charge in [0.2, 0.25) is 0 Å². The van der Waals surface area contributed by atoms with Crippen molar-refractivity contribution in [3.05, 3.63) is 39.9 Å². The van der Waals surface area contributed by atoms with Gasteiger partial charge in [-0.05, 0) is 24.3 Å². The molecule has 7 heteroatoms. The van der Waals surface area contributed by atoms with E-state index in [0.29, 0.717) is 22.2 Å². The van der Waals surface area contributed by atoms with Gasteiger partial charge < -0.3 is 10.5 Å². The van der Waals surface area contributed by atoms with Crippen LogP contribution in [0.5, 0.6) is 0 Å². The number of rotatable bonds is 3. The first-order valence-electron chi connectivity index (χ1n) is 5.47. The van der Waals surface area contributed by atoms with E-state index in [0.717, 1.165) is 5.56 Å². The summed E-state index contributed by atoms with van der Waals surface area (Å²) < 4.78 is 5.64. The van der Waals surface area contributed by atoms with E-state index in [-0.39, 0.29) is 6.10 Å². The minimum absolute atomic E-state index is 0.267. The molecule has 0 radical (unpaired) electrons. The van der Waals surface area contributed by atoms with Gasteiger partial charge in [0, 0.05) is 17.0 Å². The lowest BCUT2D eigenvalue weighted by atomic mass is 10.2. The second-order valence-corrected chi connectivity index (χ2v) is 4.68. The van der Waals surface area contributed by atoms with E-state index >= 15 is 0 Å². The predicted octanol–water partition coefficient (Wildman–Crippen LogP) is 2.78. The molecule has 2 rings (SSSR count). The van der Waals surface area contributed by atoms with Crippen molar-refractivity contribution in [3.8, 4) is 0 Å². The molecule has 3 N–H and O–H groups in total. The number of carbonyl (C=O) groups excluding carboxylic acids is 1. The molecular weight excluding hydrogens is 289 g/mol. The van der Waals surface area contributed by atoms with Crippen molar-refractivity contribution in [2.24, 2.45) is 10.8 Å². The highest BCUT2D eigenvalue weighted by Gasteiger charge is 2.19. The monoisotopic (exact) mass is 299 g/mol. The van der Waals surface area contributed by atoms with Crippen LogP contribution in [0.2, 0.25) is 10.0 Å². The SMILES string of the molecule is NC(=O)N/N=C/C1CC=C(c2cc(Cl)ccc2Cl)O1. The first-order chi connectivity index (χ1) is 9.06. The molecular formula is C12H11Cl2N3O2. The van der Waals surface area contributed by atoms with E-state index in [2.05, 4.69) is 10.5 Å². The number of nitrogens with one attached hydrogen (secondary N) is 1. The molecule has 1 heterocycles. The molecule has 1 aliphatic heterocycles. The zero-order valence-electron chi connectivity index (χ0n) is 9.77. The number of urea groups is 1. The summed E-state index contributed by atoms with van der Waals surface area (Å²) in [5.74, 6) is 0.642. The Morgan fingerprint density at radius 2 is 2.32 bits per heavy atom. The van der Waals surface area contributed by atoms with Gasteiger partial charge in [-0.1, -0.05) is 23.2 Å². The fourth-order valence-corrected chi connectivity index (χ4v) is 2.00. The lowest BCUT2D eigenvalue weighted by molar-refractivity contribution is 0.248. The number of primary amides is 1. The number of nitrogens with zero attached hydrogens (tertiary/aromatic N) is 1. The summed E-state index contributed by atoms with van der Waals surface area (Å²) in [6.07, 6.45) is 3.71. The van der Waals surface area contributed by atoms with Crippen molar-refractivity contribution in [3.63, 3.8) is 0 Å². The second-order valence-electron chi connectivity index (χ2n) is 3.84. The van der Waals surface area contributed by atoms with Gasteiger partial charge in [0.05, 0.1) is 11.2 Å². The molecule has 2 amide bonds. The van der Waals surface area contributed by atoms with Gasteiger partial charge in [-0.3, -0.25) is 0 Å². The average Bonchev–Trinajstić information content (AvgIpc) is 2.80. The zero-order chi connectivity index (χ0) is 13.8. The minimum atomic E-state index is -0.722. The topological polar surface area (TPSA) is 76.7 Å². The minimum Gasteiger partial charge on any atom is -0.484 e. The Balaban J connectivity index is 2.03. The average molecular weight is 300 g/mol. The third kappa shape index (κ3) is 3.62. The van der Waals surface area contributed by atoms with Gasteiger partial charge in [0.25, 0.3) is 0 Å². The molecule has 1 aromatic carbocycles. The number of carbonyl (C=O) groups is 1. The molecule has 0 bridgehead atoms. The zero-order valence-corrected chi connectivity index (χ0v) is 11.3. The Bertz CT molecular complexity index is 558. The number of halogens is 2. The Morgan fingerprint density at radius 3 is 3.05 bits per heavy atom. The van der Waals surface area contributed by atoms with E-state index in [1.54, 1.807) is 18.2 Å². The third-order valence-electron chi connectivity index (χ3n) is 2.42. The van der Waals surface area contributed by atoms with Gasteiger partial charge >= 0.3 is 6.03 Å². The van der Waals surface area contributed by atoms with Gasteiger partial charge in [0.1, 0.15) is 11.9 Å². The van der Waals surface area contributed by atoms with Crippen molar-refractivity contribution in [1.29, 1.82) is 0 Å². The predicted molar refractivity (Wildman–Crippen MR) is 75.1 cm³/mol. The maximum atomic E-state index is 10.5. The fourth-order valence-electron chi connectivity index (χ4n) is 1.62. The molecule has 1 atom stereocenters. The summed E-state index contributed by atoms with van der Waals surface area (Å²) in [6, 6.07) is 4.43. The van der Waals surface area contributed by atoms with Gasteiger partial charge in [-0.25, -0.2) is 10.2 Å². The number of benzene rings is 1. The molecule has 0 aromatic heterocycles. The summed E-state index contributed by atoms with van der Waals surface area (Å²) in [5.41, 5.74) is 7.72. The lowest BCUT2D eigenvalue weighted by Crippen LogP contribution is -2.25. The fraction of sp³-hybridized carbons (Fsp3) is 0.167. The van der Waals surface area contributed by atoms with Crippen LogP contribution in [0.25, 0.3) is 5.76 Å². The largest absolute Gasteiger partial charge is 0.484 e. The number of hydrogen-bond acceptors (Lipinski definition) is 3. The Labute approximate surface area is 120 Å². The first-order valence-corrected chi connectivity index (χ1v) is 6.22. The molecule has 100 valence electrons. The molecule has 0 saturated heterocycles. The molecule has 1 aromatic rings. The van der Waals surface area contributed by atoms with Crippen molar-refractivity contribution in [2.75, 3.05) is 0 Å². The maximum absolute atomic E-state index is 10.5. The van der Waals surface area contributed by atoms with E-state index in [9.17, 15) is 4.79 Å². The third-order valence-corrected chi connectivity index (χ3v) is 2.99. The number of hydrazone groups is 1. The quantitative estimate of drug-likeness (QED) is 0.665. The summed E-state index contributed by atoms with van der Waals surface area (Å²) in [6.45, 7) is 0.